The first-order valence-corrected chi connectivity index (χ1v) is 6.43. The van der Waals surface area contributed by atoms with Crippen LogP contribution < -0.4 is 5.32 Å². The van der Waals surface area contributed by atoms with E-state index in [4.69, 9.17) is 0 Å². The van der Waals surface area contributed by atoms with Crippen molar-refractivity contribution in [2.24, 2.45) is 0 Å². The molecule has 4 heteroatoms. The van der Waals surface area contributed by atoms with Crippen LogP contribution >= 0.6 is 11.8 Å². The second kappa shape index (κ2) is 5.04. The number of anilines is 1. The SMILES string of the molecule is CCc1nc(NC)c(C)c(SC(C)(C)C)n1. The largest absolute Gasteiger partial charge is 0.373 e. The maximum Gasteiger partial charge on any atom is 0.133 e. The molecule has 0 atom stereocenters. The molecule has 1 rings (SSSR count). The van der Waals surface area contributed by atoms with Crippen LogP contribution in [0.2, 0.25) is 0 Å². The van der Waals surface area contributed by atoms with Crippen molar-refractivity contribution < 1.29 is 0 Å². The van der Waals surface area contributed by atoms with Gasteiger partial charge in [0, 0.05) is 23.8 Å². The van der Waals surface area contributed by atoms with Crippen molar-refractivity contribution in [1.29, 1.82) is 0 Å². The van der Waals surface area contributed by atoms with Crippen molar-refractivity contribution >= 4 is 17.6 Å². The van der Waals surface area contributed by atoms with E-state index >= 15 is 0 Å². The standard InChI is InChI=1S/C12H21N3S/c1-7-9-14-10(13-6)8(2)11(15-9)16-12(3,4)5/h7H2,1-6H3,(H,13,14,15). The van der Waals surface area contributed by atoms with Gasteiger partial charge in [-0.25, -0.2) is 9.97 Å². The number of hydrogen-bond acceptors (Lipinski definition) is 4. The van der Waals surface area contributed by atoms with E-state index < -0.39 is 0 Å². The molecule has 0 saturated heterocycles. The van der Waals surface area contributed by atoms with E-state index in [9.17, 15) is 0 Å². The topological polar surface area (TPSA) is 37.8 Å². The van der Waals surface area contributed by atoms with E-state index in [1.54, 1.807) is 11.8 Å². The van der Waals surface area contributed by atoms with Crippen LogP contribution in [0, 0.1) is 6.92 Å². The van der Waals surface area contributed by atoms with Gasteiger partial charge in [-0.1, -0.05) is 27.7 Å². The first-order chi connectivity index (χ1) is 7.37. The number of nitrogens with zero attached hydrogens (tertiary/aromatic N) is 2. The van der Waals surface area contributed by atoms with Gasteiger partial charge in [-0.2, -0.15) is 0 Å². The number of thioether (sulfide) groups is 1. The van der Waals surface area contributed by atoms with Crippen LogP contribution in [-0.2, 0) is 6.42 Å². The molecule has 1 heterocycles. The molecular weight excluding hydrogens is 218 g/mol. The molecule has 0 spiro atoms. The minimum atomic E-state index is 0.176. The molecule has 0 aliphatic heterocycles. The molecule has 0 fully saturated rings. The molecule has 0 aromatic carbocycles. The van der Waals surface area contributed by atoms with E-state index in [1.807, 2.05) is 7.05 Å². The Balaban J connectivity index is 3.16. The zero-order valence-electron chi connectivity index (χ0n) is 11.0. The summed E-state index contributed by atoms with van der Waals surface area (Å²) in [5, 5.41) is 4.22. The smallest absolute Gasteiger partial charge is 0.133 e. The van der Waals surface area contributed by atoms with E-state index in [2.05, 4.69) is 49.9 Å². The molecule has 0 aliphatic carbocycles. The van der Waals surface area contributed by atoms with Crippen LogP contribution in [-0.4, -0.2) is 21.8 Å². The summed E-state index contributed by atoms with van der Waals surface area (Å²) >= 11 is 1.80. The molecule has 16 heavy (non-hydrogen) atoms. The van der Waals surface area contributed by atoms with Gasteiger partial charge in [0.15, 0.2) is 0 Å². The maximum atomic E-state index is 4.60. The summed E-state index contributed by atoms with van der Waals surface area (Å²) in [5.41, 5.74) is 1.14. The Morgan fingerprint density at radius 3 is 2.31 bits per heavy atom. The van der Waals surface area contributed by atoms with Gasteiger partial charge in [-0.3, -0.25) is 0 Å². The monoisotopic (exact) mass is 239 g/mol. The molecule has 0 aliphatic rings. The number of nitrogens with one attached hydrogen (secondary N) is 1. The second-order valence-corrected chi connectivity index (χ2v) is 6.55. The van der Waals surface area contributed by atoms with E-state index in [0.29, 0.717) is 0 Å². The van der Waals surface area contributed by atoms with Crippen LogP contribution in [0.5, 0.6) is 0 Å². The molecule has 0 saturated carbocycles. The lowest BCUT2D eigenvalue weighted by molar-refractivity contribution is 0.791. The van der Waals surface area contributed by atoms with E-state index in [-0.39, 0.29) is 4.75 Å². The lowest BCUT2D eigenvalue weighted by atomic mass is 10.3. The summed E-state index contributed by atoms with van der Waals surface area (Å²) < 4.78 is 0.176. The fourth-order valence-corrected chi connectivity index (χ4v) is 2.31. The Morgan fingerprint density at radius 1 is 1.25 bits per heavy atom. The Hall–Kier alpha value is -0.770. The molecular formula is C12H21N3S. The van der Waals surface area contributed by atoms with Gasteiger partial charge in [0.25, 0.3) is 0 Å². The zero-order chi connectivity index (χ0) is 12.3. The Morgan fingerprint density at radius 2 is 1.88 bits per heavy atom. The van der Waals surface area contributed by atoms with Gasteiger partial charge >= 0.3 is 0 Å². The molecule has 1 N–H and O–H groups in total. The summed E-state index contributed by atoms with van der Waals surface area (Å²) in [6.07, 6.45) is 0.868. The van der Waals surface area contributed by atoms with Crippen molar-refractivity contribution in [2.45, 2.75) is 50.8 Å². The minimum Gasteiger partial charge on any atom is -0.373 e. The van der Waals surface area contributed by atoms with Crippen LogP contribution in [0.3, 0.4) is 0 Å². The normalized spacial score (nSPS) is 11.6. The van der Waals surface area contributed by atoms with Crippen LogP contribution in [0.1, 0.15) is 39.1 Å². The molecule has 1 aromatic heterocycles. The van der Waals surface area contributed by atoms with Crippen molar-refractivity contribution in [3.63, 3.8) is 0 Å². The number of rotatable bonds is 3. The second-order valence-electron chi connectivity index (χ2n) is 4.74. The van der Waals surface area contributed by atoms with Crippen LogP contribution in [0.4, 0.5) is 5.82 Å². The summed E-state index contributed by atoms with van der Waals surface area (Å²) in [6, 6.07) is 0. The van der Waals surface area contributed by atoms with Gasteiger partial charge < -0.3 is 5.32 Å². The Labute approximate surface area is 102 Å². The fourth-order valence-electron chi connectivity index (χ4n) is 1.33. The number of aromatic nitrogens is 2. The summed E-state index contributed by atoms with van der Waals surface area (Å²) in [6.45, 7) is 10.7. The van der Waals surface area contributed by atoms with Crippen LogP contribution in [0.15, 0.2) is 5.03 Å². The molecule has 0 amide bonds. The minimum absolute atomic E-state index is 0.176. The highest BCUT2D eigenvalue weighted by atomic mass is 32.2. The average Bonchev–Trinajstić information content (AvgIpc) is 2.19. The van der Waals surface area contributed by atoms with Crippen LogP contribution in [0.25, 0.3) is 0 Å². The molecule has 0 bridgehead atoms. The summed E-state index contributed by atoms with van der Waals surface area (Å²) in [5.74, 6) is 1.85. The van der Waals surface area contributed by atoms with Gasteiger partial charge in [0.2, 0.25) is 0 Å². The summed E-state index contributed by atoms with van der Waals surface area (Å²) in [7, 11) is 1.90. The van der Waals surface area contributed by atoms with Crippen molar-refractivity contribution in [3.05, 3.63) is 11.4 Å². The molecule has 0 unspecified atom stereocenters. The molecule has 0 radical (unpaired) electrons. The predicted molar refractivity (Wildman–Crippen MR) is 71.3 cm³/mol. The predicted octanol–water partition coefficient (Wildman–Crippen LogP) is 3.28. The lowest BCUT2D eigenvalue weighted by Crippen LogP contribution is -2.11. The zero-order valence-corrected chi connectivity index (χ0v) is 11.8. The van der Waals surface area contributed by atoms with Crippen molar-refractivity contribution in [1.82, 2.24) is 9.97 Å². The lowest BCUT2D eigenvalue weighted by Gasteiger charge is -2.19. The third kappa shape index (κ3) is 3.37. The fraction of sp³-hybridized carbons (Fsp3) is 0.667. The highest BCUT2D eigenvalue weighted by Crippen LogP contribution is 2.34. The van der Waals surface area contributed by atoms with Crippen molar-refractivity contribution in [2.75, 3.05) is 12.4 Å². The highest BCUT2D eigenvalue weighted by molar-refractivity contribution is 8.00. The van der Waals surface area contributed by atoms with Gasteiger partial charge in [-0.05, 0) is 6.92 Å². The quantitative estimate of drug-likeness (QED) is 0.649. The third-order valence-electron chi connectivity index (χ3n) is 2.10. The first-order valence-electron chi connectivity index (χ1n) is 5.61. The number of hydrogen-bond donors (Lipinski definition) is 1. The molecule has 90 valence electrons. The van der Waals surface area contributed by atoms with Gasteiger partial charge in [-0.15, -0.1) is 11.8 Å². The maximum absolute atomic E-state index is 4.60. The molecule has 1 aromatic rings. The summed E-state index contributed by atoms with van der Waals surface area (Å²) in [4.78, 5) is 9.06. The average molecular weight is 239 g/mol. The Bertz CT molecular complexity index is 369. The highest BCUT2D eigenvalue weighted by Gasteiger charge is 2.17. The third-order valence-corrected chi connectivity index (χ3v) is 3.31. The van der Waals surface area contributed by atoms with Gasteiger partial charge in [0.1, 0.15) is 16.7 Å². The molecule has 3 nitrogen and oxygen atoms in total. The van der Waals surface area contributed by atoms with Gasteiger partial charge in [0.05, 0.1) is 0 Å². The Kier molecular flexibility index (Phi) is 4.19. The van der Waals surface area contributed by atoms with E-state index in [1.165, 1.54) is 0 Å². The number of aryl methyl sites for hydroxylation is 1. The van der Waals surface area contributed by atoms with Crippen molar-refractivity contribution in [3.8, 4) is 0 Å². The first kappa shape index (κ1) is 13.3. The van der Waals surface area contributed by atoms with E-state index in [0.717, 1.165) is 28.7 Å².